The third-order valence-corrected chi connectivity index (χ3v) is 5.99. The van der Waals surface area contributed by atoms with Crippen LogP contribution in [0, 0.1) is 0 Å². The summed E-state index contributed by atoms with van der Waals surface area (Å²) >= 11 is 0. The number of phenols is 4. The van der Waals surface area contributed by atoms with Gasteiger partial charge < -0.3 is 35.0 Å². The highest BCUT2D eigenvalue weighted by Gasteiger charge is 2.32. The van der Waals surface area contributed by atoms with Crippen molar-refractivity contribution in [3.05, 3.63) is 52.1 Å². The standard InChI is InChI=1S/C28H34O8/c1-15(2)8-10-18-24(31)20(30)14-22-26(18)36-27(33)23-21(35-22)13-19(29)17(25(23)32)11-9-16(3)7-6-12-28(4,5)34/h8-9,13-14,29-32,34H,6-7,10-12H2,1-5H3/b16-9+. The molecule has 2 aromatic carbocycles. The number of aliphatic hydroxyl groups is 1. The molecule has 8 heteroatoms. The van der Waals surface area contributed by atoms with Crippen LogP contribution in [0.15, 0.2) is 35.4 Å². The van der Waals surface area contributed by atoms with Crippen LogP contribution in [0.5, 0.6) is 40.2 Å². The van der Waals surface area contributed by atoms with Crippen molar-refractivity contribution in [3.8, 4) is 40.2 Å². The van der Waals surface area contributed by atoms with Crippen LogP contribution in [-0.2, 0) is 12.8 Å². The van der Waals surface area contributed by atoms with E-state index < -0.39 is 28.8 Å². The third kappa shape index (κ3) is 6.12. The highest BCUT2D eigenvalue weighted by Crippen LogP contribution is 2.50. The molecule has 1 heterocycles. The Kier molecular flexibility index (Phi) is 7.89. The minimum atomic E-state index is -0.920. The Labute approximate surface area is 210 Å². The molecule has 0 atom stereocenters. The van der Waals surface area contributed by atoms with E-state index in [9.17, 15) is 30.3 Å². The molecule has 5 N–H and O–H groups in total. The largest absolute Gasteiger partial charge is 0.507 e. The van der Waals surface area contributed by atoms with E-state index in [1.807, 2.05) is 26.8 Å². The summed E-state index contributed by atoms with van der Waals surface area (Å²) in [6.07, 6.45) is 6.11. The quantitative estimate of drug-likeness (QED) is 0.134. The van der Waals surface area contributed by atoms with E-state index in [0.717, 1.165) is 30.1 Å². The van der Waals surface area contributed by atoms with Crippen LogP contribution in [0.2, 0.25) is 0 Å². The number of ether oxygens (including phenoxy) is 2. The van der Waals surface area contributed by atoms with Crippen LogP contribution in [0.3, 0.4) is 0 Å². The van der Waals surface area contributed by atoms with Gasteiger partial charge in [0.2, 0.25) is 0 Å². The first-order valence-electron chi connectivity index (χ1n) is 11.9. The Hall–Kier alpha value is -3.65. The smallest absolute Gasteiger partial charge is 0.351 e. The van der Waals surface area contributed by atoms with Crippen molar-refractivity contribution in [2.45, 2.75) is 72.3 Å². The van der Waals surface area contributed by atoms with Gasteiger partial charge in [-0.25, -0.2) is 4.79 Å². The highest BCUT2D eigenvalue weighted by molar-refractivity contribution is 5.99. The van der Waals surface area contributed by atoms with E-state index in [2.05, 4.69) is 0 Å². The molecule has 36 heavy (non-hydrogen) atoms. The van der Waals surface area contributed by atoms with E-state index in [1.54, 1.807) is 19.9 Å². The first-order valence-corrected chi connectivity index (χ1v) is 11.9. The van der Waals surface area contributed by atoms with E-state index in [1.165, 1.54) is 6.07 Å². The van der Waals surface area contributed by atoms with E-state index in [-0.39, 0.29) is 52.5 Å². The van der Waals surface area contributed by atoms with Gasteiger partial charge in [-0.1, -0.05) is 23.3 Å². The van der Waals surface area contributed by atoms with E-state index in [4.69, 9.17) is 9.47 Å². The van der Waals surface area contributed by atoms with E-state index >= 15 is 0 Å². The second-order valence-electron chi connectivity index (χ2n) is 10.0. The molecule has 0 unspecified atom stereocenters. The lowest BCUT2D eigenvalue weighted by atomic mass is 9.98. The summed E-state index contributed by atoms with van der Waals surface area (Å²) in [4.78, 5) is 13.1. The summed E-state index contributed by atoms with van der Waals surface area (Å²) in [5, 5.41) is 52.0. The average Bonchev–Trinajstić information content (AvgIpc) is 2.88. The van der Waals surface area contributed by atoms with Crippen LogP contribution in [0.1, 0.15) is 75.4 Å². The fourth-order valence-corrected chi connectivity index (χ4v) is 3.94. The number of esters is 1. The SMILES string of the molecule is CC(C)=CCc1c(O)c(O)cc2c1OC(=O)c1c(cc(O)c(C/C=C(\C)CCCC(C)(C)O)c1O)O2. The zero-order valence-electron chi connectivity index (χ0n) is 21.3. The Balaban J connectivity index is 1.95. The lowest BCUT2D eigenvalue weighted by Crippen LogP contribution is -2.17. The van der Waals surface area contributed by atoms with Gasteiger partial charge in [0.1, 0.15) is 22.8 Å². The number of rotatable bonds is 8. The molecule has 8 nitrogen and oxygen atoms in total. The molecule has 1 aliphatic rings. The van der Waals surface area contributed by atoms with Crippen molar-refractivity contribution < 1.29 is 39.8 Å². The highest BCUT2D eigenvalue weighted by atomic mass is 16.6. The molecule has 2 aromatic rings. The van der Waals surface area contributed by atoms with E-state index in [0.29, 0.717) is 6.42 Å². The van der Waals surface area contributed by atoms with Crippen molar-refractivity contribution in [1.29, 1.82) is 0 Å². The molecule has 0 saturated carbocycles. The van der Waals surface area contributed by atoms with Crippen LogP contribution < -0.4 is 9.47 Å². The second kappa shape index (κ2) is 10.5. The first-order chi connectivity index (χ1) is 16.8. The molecular weight excluding hydrogens is 464 g/mol. The normalized spacial score (nSPS) is 13.3. The Morgan fingerprint density at radius 1 is 0.889 bits per heavy atom. The minimum absolute atomic E-state index is 0.0383. The van der Waals surface area contributed by atoms with Crippen molar-refractivity contribution >= 4 is 5.97 Å². The number of carbonyl (C=O) groups is 1. The number of phenolic OH excluding ortho intramolecular Hbond substituents is 4. The first kappa shape index (κ1) is 26.9. The summed E-state index contributed by atoms with van der Waals surface area (Å²) < 4.78 is 11.3. The maximum atomic E-state index is 13.1. The van der Waals surface area contributed by atoms with Gasteiger partial charge in [-0.05, 0) is 66.7 Å². The summed E-state index contributed by atoms with van der Waals surface area (Å²) in [7, 11) is 0. The molecular formula is C28H34O8. The van der Waals surface area contributed by atoms with Gasteiger partial charge >= 0.3 is 5.97 Å². The number of aromatic hydroxyl groups is 4. The van der Waals surface area contributed by atoms with Crippen molar-refractivity contribution in [2.75, 3.05) is 0 Å². The molecule has 0 bridgehead atoms. The molecule has 194 valence electrons. The zero-order chi connectivity index (χ0) is 26.8. The summed E-state index contributed by atoms with van der Waals surface area (Å²) in [5.74, 6) is -2.81. The van der Waals surface area contributed by atoms with Crippen LogP contribution >= 0.6 is 0 Å². The zero-order valence-corrected chi connectivity index (χ0v) is 21.3. The molecule has 0 aliphatic carbocycles. The second-order valence-corrected chi connectivity index (χ2v) is 10.0. The maximum Gasteiger partial charge on any atom is 0.351 e. The predicted molar refractivity (Wildman–Crippen MR) is 135 cm³/mol. The van der Waals surface area contributed by atoms with Crippen LogP contribution in [0.4, 0.5) is 0 Å². The summed E-state index contributed by atoms with van der Waals surface area (Å²) in [5.41, 5.74) is 1.24. The van der Waals surface area contributed by atoms with Gasteiger partial charge in [-0.2, -0.15) is 0 Å². The molecule has 0 fully saturated rings. The van der Waals surface area contributed by atoms with Gasteiger partial charge in [0, 0.05) is 23.3 Å². The minimum Gasteiger partial charge on any atom is -0.507 e. The fraction of sp³-hybridized carbons (Fsp3) is 0.393. The molecule has 1 aliphatic heterocycles. The molecule has 3 rings (SSSR count). The third-order valence-electron chi connectivity index (χ3n) is 5.99. The van der Waals surface area contributed by atoms with Crippen molar-refractivity contribution in [2.24, 2.45) is 0 Å². The van der Waals surface area contributed by atoms with Gasteiger partial charge in [-0.3, -0.25) is 0 Å². The Morgan fingerprint density at radius 3 is 2.17 bits per heavy atom. The Morgan fingerprint density at radius 2 is 1.53 bits per heavy atom. The number of hydrogen-bond donors (Lipinski definition) is 5. The lowest BCUT2D eigenvalue weighted by Gasteiger charge is -2.16. The van der Waals surface area contributed by atoms with Crippen molar-refractivity contribution in [3.63, 3.8) is 0 Å². The summed E-state index contributed by atoms with van der Waals surface area (Å²) in [6, 6.07) is 2.33. The van der Waals surface area contributed by atoms with Crippen LogP contribution in [-0.4, -0.2) is 37.1 Å². The maximum absolute atomic E-state index is 13.1. The predicted octanol–water partition coefficient (Wildman–Crippen LogP) is 5.77. The number of benzene rings is 2. The molecule has 0 amide bonds. The van der Waals surface area contributed by atoms with Gasteiger partial charge in [0.15, 0.2) is 23.0 Å². The molecule has 0 spiro atoms. The average molecular weight is 499 g/mol. The monoisotopic (exact) mass is 498 g/mol. The van der Waals surface area contributed by atoms with Gasteiger partial charge in [0.25, 0.3) is 0 Å². The van der Waals surface area contributed by atoms with Gasteiger partial charge in [-0.15, -0.1) is 0 Å². The van der Waals surface area contributed by atoms with Crippen molar-refractivity contribution in [1.82, 2.24) is 0 Å². The lowest BCUT2D eigenvalue weighted by molar-refractivity contribution is 0.0688. The molecule has 0 saturated heterocycles. The number of hydrogen-bond acceptors (Lipinski definition) is 8. The number of allylic oxidation sites excluding steroid dienone is 4. The number of carbonyl (C=O) groups excluding carboxylic acids is 1. The Bertz CT molecular complexity index is 1230. The number of fused-ring (bicyclic) bond motifs is 2. The van der Waals surface area contributed by atoms with Gasteiger partial charge in [0.05, 0.1) is 5.60 Å². The fourth-order valence-electron chi connectivity index (χ4n) is 3.94. The van der Waals surface area contributed by atoms with Crippen LogP contribution in [0.25, 0.3) is 0 Å². The summed E-state index contributed by atoms with van der Waals surface area (Å²) in [6.45, 7) is 9.16. The molecule has 0 aromatic heterocycles. The topological polar surface area (TPSA) is 137 Å². The molecule has 0 radical (unpaired) electrons.